The van der Waals surface area contributed by atoms with Gasteiger partial charge in [-0.2, -0.15) is 0 Å². The first kappa shape index (κ1) is 33.4. The minimum Gasteiger partial charge on any atom is -0.345 e. The van der Waals surface area contributed by atoms with Gasteiger partial charge in [-0.3, -0.25) is 9.69 Å². The van der Waals surface area contributed by atoms with Crippen LogP contribution in [0.3, 0.4) is 0 Å². The van der Waals surface area contributed by atoms with Crippen LogP contribution in [0.25, 0.3) is 0 Å². The number of carbonyl (C=O) groups excluding carboxylic acids is 1. The first-order chi connectivity index (χ1) is 18.9. The third-order valence-electron chi connectivity index (χ3n) is 7.08. The number of benzene rings is 2. The summed E-state index contributed by atoms with van der Waals surface area (Å²) in [7, 11) is 0. The largest absolute Gasteiger partial charge is 0.345 e. The number of ketones is 1. The normalized spacial score (nSPS) is 16.8. The zero-order valence-electron chi connectivity index (χ0n) is 24.6. The van der Waals surface area contributed by atoms with Crippen molar-refractivity contribution >= 4 is 22.8 Å². The van der Waals surface area contributed by atoms with E-state index >= 15 is 0 Å². The van der Waals surface area contributed by atoms with E-state index in [1.54, 1.807) is 0 Å². The minimum absolute atomic E-state index is 0. The lowest BCUT2D eigenvalue weighted by molar-refractivity contribution is 0.101. The molecule has 3 aromatic rings. The molecule has 6 heteroatoms. The molecule has 2 aliphatic rings. The van der Waals surface area contributed by atoms with Crippen molar-refractivity contribution in [1.29, 1.82) is 0 Å². The van der Waals surface area contributed by atoms with Crippen molar-refractivity contribution in [3.05, 3.63) is 87.5 Å². The Labute approximate surface area is 247 Å². The molecule has 3 heterocycles. The average molecular weight is 563 g/mol. The lowest BCUT2D eigenvalue weighted by atomic mass is 10.1. The van der Waals surface area contributed by atoms with Gasteiger partial charge in [-0.05, 0) is 74.9 Å². The Balaban J connectivity index is 0.000000261. The number of hydrogen-bond donors (Lipinski definition) is 0. The molecule has 0 N–H and O–H groups in total. The van der Waals surface area contributed by atoms with Crippen LogP contribution in [-0.4, -0.2) is 40.5 Å². The zero-order valence-corrected chi connectivity index (χ0v) is 25.4. The van der Waals surface area contributed by atoms with Crippen LogP contribution in [0.5, 0.6) is 0 Å². The zero-order chi connectivity index (χ0) is 28.2. The molecule has 1 unspecified atom stereocenters. The number of aromatic nitrogens is 2. The molecule has 2 saturated heterocycles. The van der Waals surface area contributed by atoms with Gasteiger partial charge >= 0.3 is 0 Å². The SMILES string of the molecule is C.C=C1CC(C)CN1c1ccc(CN2CCCCC2)cc1.CC.CC(=O)c1nnc(CCc2ccc(C)cc2)s1. The van der Waals surface area contributed by atoms with E-state index in [1.165, 1.54) is 78.7 Å². The maximum absolute atomic E-state index is 11.1. The van der Waals surface area contributed by atoms with Crippen molar-refractivity contribution in [2.24, 2.45) is 5.92 Å². The number of hydrogen-bond acceptors (Lipinski definition) is 6. The summed E-state index contributed by atoms with van der Waals surface area (Å²) in [6, 6.07) is 17.6. The molecule has 2 aromatic carbocycles. The van der Waals surface area contributed by atoms with Gasteiger partial charge in [0.2, 0.25) is 0 Å². The van der Waals surface area contributed by atoms with Gasteiger partial charge in [0.1, 0.15) is 5.01 Å². The molecular formula is C34H50N4OS. The number of rotatable bonds is 7. The van der Waals surface area contributed by atoms with E-state index in [0.29, 0.717) is 5.01 Å². The lowest BCUT2D eigenvalue weighted by Gasteiger charge is -2.26. The Morgan fingerprint density at radius 1 is 0.950 bits per heavy atom. The third kappa shape index (κ3) is 10.3. The number of nitrogens with zero attached hydrogens (tertiary/aromatic N) is 4. The second-order valence-electron chi connectivity index (χ2n) is 10.5. The standard InChI is InChI=1S/C18H26N2.C13H14N2OS.C2H6.CH4/c1-15-12-16(2)20(13-15)18-8-6-17(7-9-18)14-19-10-4-3-5-11-19;1-9-3-5-11(6-4-9)7-8-12-14-15-13(17-12)10(2)16;1-2;/h6-9,15H,2-5,10-14H2,1H3;3-6H,7-8H2,1-2H3;1-2H3;1H4. The predicted octanol–water partition coefficient (Wildman–Crippen LogP) is 8.53. The van der Waals surface area contributed by atoms with E-state index in [-0.39, 0.29) is 13.2 Å². The number of likely N-dealkylation sites (tertiary alicyclic amines) is 1. The van der Waals surface area contributed by atoms with E-state index in [1.807, 2.05) is 13.8 Å². The van der Waals surface area contributed by atoms with Crippen molar-refractivity contribution in [1.82, 2.24) is 15.1 Å². The van der Waals surface area contributed by atoms with Crippen LogP contribution in [-0.2, 0) is 19.4 Å². The number of Topliss-reactive ketones (excluding diaryl/α,β-unsaturated/α-hetero) is 1. The van der Waals surface area contributed by atoms with E-state index in [4.69, 9.17) is 0 Å². The average Bonchev–Trinajstić information content (AvgIpc) is 3.57. The van der Waals surface area contributed by atoms with Crippen LogP contribution < -0.4 is 4.90 Å². The minimum atomic E-state index is -0.0101. The summed E-state index contributed by atoms with van der Waals surface area (Å²) >= 11 is 1.39. The van der Waals surface area contributed by atoms with Crippen molar-refractivity contribution in [3.8, 4) is 0 Å². The second-order valence-corrected chi connectivity index (χ2v) is 11.6. The fourth-order valence-corrected chi connectivity index (χ4v) is 5.70. The molecule has 0 saturated carbocycles. The molecule has 0 amide bonds. The third-order valence-corrected chi connectivity index (χ3v) is 8.16. The summed E-state index contributed by atoms with van der Waals surface area (Å²) in [6.07, 6.45) is 7.05. The molecule has 40 heavy (non-hydrogen) atoms. The summed E-state index contributed by atoms with van der Waals surface area (Å²) < 4.78 is 0. The molecule has 1 atom stereocenters. The Hall–Kier alpha value is -2.83. The molecule has 2 aliphatic heterocycles. The molecule has 0 bridgehead atoms. The van der Waals surface area contributed by atoms with Gasteiger partial charge in [0.05, 0.1) is 0 Å². The maximum atomic E-state index is 11.1. The summed E-state index contributed by atoms with van der Waals surface area (Å²) in [5, 5.41) is 9.31. The van der Waals surface area contributed by atoms with Crippen molar-refractivity contribution in [2.45, 2.75) is 87.1 Å². The van der Waals surface area contributed by atoms with E-state index < -0.39 is 0 Å². The number of carbonyl (C=O) groups is 1. The second kappa shape index (κ2) is 17.1. The van der Waals surface area contributed by atoms with Gasteiger partial charge in [-0.1, -0.05) is 94.5 Å². The molecule has 0 radical (unpaired) electrons. The van der Waals surface area contributed by atoms with Gasteiger partial charge in [-0.15, -0.1) is 10.2 Å². The lowest BCUT2D eigenvalue weighted by Crippen LogP contribution is -2.29. The Morgan fingerprint density at radius 2 is 1.57 bits per heavy atom. The van der Waals surface area contributed by atoms with Crippen molar-refractivity contribution in [3.63, 3.8) is 0 Å². The van der Waals surface area contributed by atoms with Crippen molar-refractivity contribution < 1.29 is 4.79 Å². The van der Waals surface area contributed by atoms with Crippen LogP contribution >= 0.6 is 11.3 Å². The van der Waals surface area contributed by atoms with Gasteiger partial charge in [0.25, 0.3) is 0 Å². The molecule has 1 aromatic heterocycles. The predicted molar refractivity (Wildman–Crippen MR) is 172 cm³/mol. The smallest absolute Gasteiger partial charge is 0.190 e. The highest BCUT2D eigenvalue weighted by Gasteiger charge is 2.22. The fourth-order valence-electron chi connectivity index (χ4n) is 4.97. The van der Waals surface area contributed by atoms with E-state index in [9.17, 15) is 4.79 Å². The van der Waals surface area contributed by atoms with Crippen LogP contribution in [0.2, 0.25) is 0 Å². The number of piperidine rings is 1. The van der Waals surface area contributed by atoms with Crippen LogP contribution in [0.15, 0.2) is 60.8 Å². The number of allylic oxidation sites excluding steroid dienone is 1. The van der Waals surface area contributed by atoms with Crippen LogP contribution in [0.4, 0.5) is 5.69 Å². The molecule has 0 spiro atoms. The Morgan fingerprint density at radius 3 is 2.12 bits per heavy atom. The van der Waals surface area contributed by atoms with Gasteiger partial charge in [0.15, 0.2) is 10.8 Å². The van der Waals surface area contributed by atoms with E-state index in [0.717, 1.165) is 43.3 Å². The summed E-state index contributed by atoms with van der Waals surface area (Å²) in [6.45, 7) is 18.8. The maximum Gasteiger partial charge on any atom is 0.190 e. The summed E-state index contributed by atoms with van der Waals surface area (Å²) in [5.74, 6) is 0.722. The summed E-state index contributed by atoms with van der Waals surface area (Å²) in [5.41, 5.74) is 6.57. The van der Waals surface area contributed by atoms with Crippen LogP contribution in [0.1, 0.15) is 92.3 Å². The molecule has 218 valence electrons. The molecular weight excluding hydrogens is 512 g/mol. The van der Waals surface area contributed by atoms with Gasteiger partial charge < -0.3 is 4.90 Å². The quantitative estimate of drug-likeness (QED) is 0.270. The number of aryl methyl sites for hydroxylation is 3. The topological polar surface area (TPSA) is 49.3 Å². The van der Waals surface area contributed by atoms with E-state index in [2.05, 4.69) is 89.0 Å². The van der Waals surface area contributed by atoms with Crippen molar-refractivity contribution in [2.75, 3.05) is 24.5 Å². The van der Waals surface area contributed by atoms with Crippen LogP contribution in [0, 0.1) is 12.8 Å². The summed E-state index contributed by atoms with van der Waals surface area (Å²) in [4.78, 5) is 16.0. The first-order valence-corrected chi connectivity index (χ1v) is 15.3. The van der Waals surface area contributed by atoms with Gasteiger partial charge in [-0.25, -0.2) is 0 Å². The highest BCUT2D eigenvalue weighted by Crippen LogP contribution is 2.30. The number of anilines is 1. The Kier molecular flexibility index (Phi) is 14.3. The molecule has 0 aliphatic carbocycles. The van der Waals surface area contributed by atoms with Gasteiger partial charge in [0, 0.05) is 37.8 Å². The monoisotopic (exact) mass is 562 g/mol. The highest BCUT2D eigenvalue weighted by atomic mass is 32.1. The molecule has 5 nitrogen and oxygen atoms in total. The molecule has 2 fully saturated rings. The Bertz CT molecular complexity index is 1160. The first-order valence-electron chi connectivity index (χ1n) is 14.5. The fraction of sp³-hybridized carbons (Fsp3) is 0.500. The molecule has 5 rings (SSSR count). The highest BCUT2D eigenvalue weighted by molar-refractivity contribution is 7.13.